The highest BCUT2D eigenvalue weighted by Crippen LogP contribution is 2.45. The van der Waals surface area contributed by atoms with Gasteiger partial charge in [-0.2, -0.15) is 0 Å². The summed E-state index contributed by atoms with van der Waals surface area (Å²) in [5, 5.41) is 10.6. The second-order valence-corrected chi connectivity index (χ2v) is 31.4. The molecule has 0 bridgehead atoms. The average Bonchev–Trinajstić information content (AvgIpc) is 0.939. The molecule has 3 N–H and O–H groups in total. The summed E-state index contributed by atoms with van der Waals surface area (Å²) in [7, 11) is -9.93. The highest BCUT2D eigenvalue weighted by atomic mass is 31.2. The number of aliphatic hydroxyl groups excluding tert-OH is 1. The first-order valence-electron chi connectivity index (χ1n) is 41.6. The molecule has 100 heavy (non-hydrogen) atoms. The molecule has 0 saturated heterocycles. The minimum Gasteiger partial charge on any atom is -0.462 e. The number of unbranched alkanes of at least 4 members (excludes halogenated alkanes) is 51. The summed E-state index contributed by atoms with van der Waals surface area (Å²) in [4.78, 5) is 72.9. The molecule has 0 amide bonds. The van der Waals surface area contributed by atoms with Crippen molar-refractivity contribution in [3.63, 3.8) is 0 Å². The lowest BCUT2D eigenvalue weighted by molar-refractivity contribution is -0.161. The van der Waals surface area contributed by atoms with Gasteiger partial charge < -0.3 is 33.8 Å². The molecule has 0 radical (unpaired) electrons. The fourth-order valence-corrected chi connectivity index (χ4v) is 13.7. The number of rotatable bonds is 80. The van der Waals surface area contributed by atoms with Crippen molar-refractivity contribution in [2.24, 2.45) is 0 Å². The SMILES string of the molecule is CCCCCC/C=C\C=C/CCCCCCCC(=O)O[C@H](COC(=O)CCCCCCCCCC)COP(=O)(O)OC[C@H](O)COP(=O)(O)OC[C@@H](COC(=O)CCCCCCCCCCCCCCCCCC)OC(=O)CCCCCCCCCCCCCCCCCCCCCCC. The van der Waals surface area contributed by atoms with E-state index in [-0.39, 0.29) is 25.7 Å². The van der Waals surface area contributed by atoms with Crippen molar-refractivity contribution < 1.29 is 80.2 Å². The van der Waals surface area contributed by atoms with Crippen molar-refractivity contribution in [1.82, 2.24) is 0 Å². The van der Waals surface area contributed by atoms with E-state index in [0.717, 1.165) is 109 Å². The number of phosphoric acid groups is 2. The molecule has 0 aromatic carbocycles. The van der Waals surface area contributed by atoms with Gasteiger partial charge in [0.25, 0.3) is 0 Å². The van der Waals surface area contributed by atoms with Crippen LogP contribution in [-0.2, 0) is 65.4 Å². The first-order chi connectivity index (χ1) is 48.7. The summed E-state index contributed by atoms with van der Waals surface area (Å²) >= 11 is 0. The number of allylic oxidation sites excluding steroid dienone is 4. The van der Waals surface area contributed by atoms with Gasteiger partial charge in [0, 0.05) is 25.7 Å². The zero-order chi connectivity index (χ0) is 73.2. The van der Waals surface area contributed by atoms with E-state index in [1.165, 1.54) is 225 Å². The Bertz CT molecular complexity index is 1990. The number of ether oxygens (including phenoxy) is 4. The summed E-state index contributed by atoms with van der Waals surface area (Å²) in [6.45, 7) is 4.93. The van der Waals surface area contributed by atoms with Gasteiger partial charge in [0.05, 0.1) is 26.4 Å². The molecule has 0 aliphatic heterocycles. The van der Waals surface area contributed by atoms with Crippen LogP contribution >= 0.6 is 15.6 Å². The lowest BCUT2D eigenvalue weighted by atomic mass is 10.0. The zero-order valence-electron chi connectivity index (χ0n) is 64.7. The number of carbonyl (C=O) groups is 4. The van der Waals surface area contributed by atoms with E-state index >= 15 is 0 Å². The van der Waals surface area contributed by atoms with Crippen LogP contribution in [-0.4, -0.2) is 96.7 Å². The van der Waals surface area contributed by atoms with Crippen LogP contribution in [0.2, 0.25) is 0 Å². The number of carbonyl (C=O) groups excluding carboxylic acids is 4. The first kappa shape index (κ1) is 97.5. The highest BCUT2D eigenvalue weighted by Gasteiger charge is 2.30. The Kier molecular flexibility index (Phi) is 73.0. The Labute approximate surface area is 612 Å². The van der Waals surface area contributed by atoms with Crippen molar-refractivity contribution >= 4 is 39.5 Å². The maximum atomic E-state index is 13.1. The Morgan fingerprint density at radius 3 is 0.730 bits per heavy atom. The highest BCUT2D eigenvalue weighted by molar-refractivity contribution is 7.47. The third kappa shape index (κ3) is 73.8. The van der Waals surface area contributed by atoms with E-state index in [4.69, 9.17) is 37.0 Å². The fraction of sp³-hybridized carbons (Fsp3) is 0.901. The summed E-state index contributed by atoms with van der Waals surface area (Å²) in [5.74, 6) is -2.14. The number of aliphatic hydroxyl groups is 1. The Morgan fingerprint density at radius 2 is 0.480 bits per heavy atom. The van der Waals surface area contributed by atoms with Crippen LogP contribution in [0.15, 0.2) is 24.3 Å². The van der Waals surface area contributed by atoms with Crippen LogP contribution in [0.1, 0.15) is 413 Å². The maximum absolute atomic E-state index is 13.1. The third-order valence-electron chi connectivity index (χ3n) is 18.5. The van der Waals surface area contributed by atoms with Crippen LogP contribution < -0.4 is 0 Å². The molecule has 0 heterocycles. The molecule has 19 heteroatoms. The number of hydrogen-bond donors (Lipinski definition) is 3. The molecule has 0 fully saturated rings. The minimum absolute atomic E-state index is 0.0855. The molecule has 590 valence electrons. The predicted octanol–water partition coefficient (Wildman–Crippen LogP) is 24.1. The molecule has 0 rings (SSSR count). The van der Waals surface area contributed by atoms with Gasteiger partial charge in [-0.25, -0.2) is 9.13 Å². The Morgan fingerprint density at radius 1 is 0.280 bits per heavy atom. The Balaban J connectivity index is 5.22. The summed E-state index contributed by atoms with van der Waals surface area (Å²) in [6, 6.07) is 0. The van der Waals surface area contributed by atoms with Crippen molar-refractivity contribution in [2.75, 3.05) is 39.6 Å². The molecule has 5 atom stereocenters. The Hall–Kier alpha value is -2.46. The van der Waals surface area contributed by atoms with Crippen molar-refractivity contribution in [2.45, 2.75) is 431 Å². The predicted molar refractivity (Wildman–Crippen MR) is 409 cm³/mol. The van der Waals surface area contributed by atoms with Gasteiger partial charge in [0.2, 0.25) is 0 Å². The van der Waals surface area contributed by atoms with Crippen molar-refractivity contribution in [3.8, 4) is 0 Å². The zero-order valence-corrected chi connectivity index (χ0v) is 66.5. The topological polar surface area (TPSA) is 237 Å². The van der Waals surface area contributed by atoms with Crippen LogP contribution in [0.4, 0.5) is 0 Å². The first-order valence-corrected chi connectivity index (χ1v) is 44.6. The van der Waals surface area contributed by atoms with E-state index in [9.17, 15) is 43.2 Å². The molecular weight excluding hydrogens is 1310 g/mol. The fourth-order valence-electron chi connectivity index (χ4n) is 12.1. The van der Waals surface area contributed by atoms with Gasteiger partial charge in [-0.05, 0) is 51.4 Å². The van der Waals surface area contributed by atoms with Crippen LogP contribution in [0, 0.1) is 0 Å². The van der Waals surface area contributed by atoms with Crippen molar-refractivity contribution in [3.05, 3.63) is 24.3 Å². The number of esters is 4. The molecule has 0 aromatic rings. The van der Waals surface area contributed by atoms with E-state index < -0.39 is 97.5 Å². The summed E-state index contributed by atoms with van der Waals surface area (Å²) < 4.78 is 68.6. The van der Waals surface area contributed by atoms with E-state index in [1.54, 1.807) is 0 Å². The maximum Gasteiger partial charge on any atom is 0.472 e. The standard InChI is InChI=1S/C81H154O17P2/c1-5-9-13-17-21-25-28-31-34-36-37-38-39-40-43-46-49-52-56-60-64-68-81(86)98-77(72-92-79(84)66-62-58-54-50-47-44-42-35-32-29-26-22-18-14-10-6-2)74-96-100(89,90)94-70-75(82)69-93-99(87,88)95-73-76(71-91-78(83)65-61-57-53-24-20-16-12-8-4)97-80(85)67-63-59-55-51-48-45-41-33-30-27-23-19-15-11-7-3/h27,30,33,41,75-77,82H,5-26,28-29,31-32,34-40,42-74H2,1-4H3,(H,87,88)(H,89,90)/b30-27-,41-33-/t75-,76+,77+/m0/s1. The minimum atomic E-state index is -4.96. The molecule has 0 saturated carbocycles. The van der Waals surface area contributed by atoms with Gasteiger partial charge in [0.15, 0.2) is 12.2 Å². The largest absolute Gasteiger partial charge is 0.472 e. The van der Waals surface area contributed by atoms with Crippen LogP contribution in [0.3, 0.4) is 0 Å². The van der Waals surface area contributed by atoms with Gasteiger partial charge in [-0.15, -0.1) is 0 Å². The quantitative estimate of drug-likeness (QED) is 0.0169. The summed E-state index contributed by atoms with van der Waals surface area (Å²) in [5.41, 5.74) is 0. The molecule has 17 nitrogen and oxygen atoms in total. The molecular formula is C81H154O17P2. The number of hydrogen-bond acceptors (Lipinski definition) is 15. The average molecular weight is 1460 g/mol. The lowest BCUT2D eigenvalue weighted by Gasteiger charge is -2.21. The van der Waals surface area contributed by atoms with Gasteiger partial charge in [-0.3, -0.25) is 37.3 Å². The molecule has 0 aliphatic carbocycles. The van der Waals surface area contributed by atoms with E-state index in [0.29, 0.717) is 25.7 Å². The van der Waals surface area contributed by atoms with E-state index in [2.05, 4.69) is 52.0 Å². The monoisotopic (exact) mass is 1460 g/mol. The van der Waals surface area contributed by atoms with Gasteiger partial charge in [0.1, 0.15) is 19.3 Å². The van der Waals surface area contributed by atoms with Crippen LogP contribution in [0.25, 0.3) is 0 Å². The molecule has 0 aliphatic rings. The van der Waals surface area contributed by atoms with Crippen LogP contribution in [0.5, 0.6) is 0 Å². The smallest absolute Gasteiger partial charge is 0.462 e. The molecule has 2 unspecified atom stereocenters. The molecule has 0 spiro atoms. The number of phosphoric ester groups is 2. The van der Waals surface area contributed by atoms with Gasteiger partial charge in [-0.1, -0.05) is 360 Å². The third-order valence-corrected chi connectivity index (χ3v) is 20.4. The van der Waals surface area contributed by atoms with Crippen molar-refractivity contribution in [1.29, 1.82) is 0 Å². The molecule has 0 aromatic heterocycles. The van der Waals surface area contributed by atoms with Gasteiger partial charge >= 0.3 is 39.5 Å². The lowest BCUT2D eigenvalue weighted by Crippen LogP contribution is -2.30. The second-order valence-electron chi connectivity index (χ2n) is 28.5. The second kappa shape index (κ2) is 74.8. The normalized spacial score (nSPS) is 13.9. The summed E-state index contributed by atoms with van der Waals surface area (Å²) in [6.07, 6.45) is 70.3. The van der Waals surface area contributed by atoms with E-state index in [1.807, 2.05) is 0 Å².